The van der Waals surface area contributed by atoms with Crippen LogP contribution in [0, 0.1) is 0 Å². The van der Waals surface area contributed by atoms with E-state index in [9.17, 15) is 0 Å². The Morgan fingerprint density at radius 2 is 0.938 bits per heavy atom. The molecule has 1 aliphatic rings. The third kappa shape index (κ3) is 6.04. The first kappa shape index (κ1) is 37.6. The summed E-state index contributed by atoms with van der Waals surface area (Å²) >= 11 is 0. The van der Waals surface area contributed by atoms with Crippen LogP contribution in [0.4, 0.5) is 34.1 Å². The lowest BCUT2D eigenvalue weighted by Gasteiger charge is -2.31. The summed E-state index contributed by atoms with van der Waals surface area (Å²) in [5.74, 6) is 0. The summed E-state index contributed by atoms with van der Waals surface area (Å²) in [5.41, 5.74) is 17.6. The van der Waals surface area contributed by atoms with Gasteiger partial charge in [-0.2, -0.15) is 0 Å². The molecule has 0 radical (unpaired) electrons. The molecule has 3 nitrogen and oxygen atoms in total. The van der Waals surface area contributed by atoms with E-state index >= 15 is 0 Å². The molecule has 304 valence electrons. The van der Waals surface area contributed by atoms with Gasteiger partial charge < -0.3 is 14.2 Å². The van der Waals surface area contributed by atoms with Crippen LogP contribution in [0.15, 0.2) is 235 Å². The van der Waals surface area contributed by atoms with Gasteiger partial charge in [-0.15, -0.1) is 0 Å². The van der Waals surface area contributed by atoms with Crippen LogP contribution in [0.5, 0.6) is 0 Å². The summed E-state index contributed by atoms with van der Waals surface area (Å²) in [6.45, 7) is 4.71. The van der Waals surface area contributed by atoms with Gasteiger partial charge in [0.25, 0.3) is 0 Å². The molecule has 0 amide bonds. The second-order valence-electron chi connectivity index (χ2n) is 17.3. The Balaban J connectivity index is 1.11. The molecule has 0 fully saturated rings. The Kier molecular flexibility index (Phi) is 8.84. The number of fused-ring (bicyclic) bond motifs is 7. The largest absolute Gasteiger partial charge is 0.454 e. The Hall–Kier alpha value is -8.14. The van der Waals surface area contributed by atoms with Crippen molar-refractivity contribution in [3.05, 3.63) is 242 Å². The van der Waals surface area contributed by atoms with Crippen LogP contribution in [0.2, 0.25) is 0 Å². The molecule has 1 heterocycles. The van der Waals surface area contributed by atoms with E-state index in [1.165, 1.54) is 33.0 Å². The van der Waals surface area contributed by atoms with Crippen LogP contribution in [0.1, 0.15) is 25.0 Å². The van der Waals surface area contributed by atoms with Gasteiger partial charge in [0.2, 0.25) is 0 Å². The van der Waals surface area contributed by atoms with Crippen molar-refractivity contribution >= 4 is 66.8 Å². The van der Waals surface area contributed by atoms with Gasteiger partial charge >= 0.3 is 0 Å². The Morgan fingerprint density at radius 1 is 0.359 bits per heavy atom. The van der Waals surface area contributed by atoms with E-state index in [1.54, 1.807) is 0 Å². The molecule has 0 unspecified atom stereocenters. The number of anilines is 6. The van der Waals surface area contributed by atoms with Crippen LogP contribution in [0.3, 0.4) is 0 Å². The SMILES string of the molecule is CC1(C)c2ccccc2-c2ccc(N(c3ccccc3-c3ccccc3)c3c(-c4ccc(N(c5ccccc5)c5cccc6ccccc56)cc4)ccc4c3oc3ccccc34)cc21. The third-order valence-electron chi connectivity index (χ3n) is 13.3. The van der Waals surface area contributed by atoms with E-state index in [-0.39, 0.29) is 5.41 Å². The molecule has 1 aromatic heterocycles. The first-order chi connectivity index (χ1) is 31.5. The van der Waals surface area contributed by atoms with Crippen molar-refractivity contribution in [2.24, 2.45) is 0 Å². The molecule has 11 aromatic rings. The number of rotatable bonds is 8. The Morgan fingerprint density at radius 3 is 1.77 bits per heavy atom. The fraction of sp³-hybridized carbons (Fsp3) is 0.0492. The molecule has 12 rings (SSSR count). The maximum absolute atomic E-state index is 7.07. The summed E-state index contributed by atoms with van der Waals surface area (Å²) in [6, 6.07) is 83.3. The Bertz CT molecular complexity index is 3530. The predicted molar refractivity (Wildman–Crippen MR) is 269 cm³/mol. The van der Waals surface area contributed by atoms with Crippen molar-refractivity contribution in [1.82, 2.24) is 0 Å². The van der Waals surface area contributed by atoms with Crippen LogP contribution in [0.25, 0.3) is 66.1 Å². The average Bonchev–Trinajstić information content (AvgIpc) is 3.84. The van der Waals surface area contributed by atoms with Crippen molar-refractivity contribution in [1.29, 1.82) is 0 Å². The van der Waals surface area contributed by atoms with E-state index in [4.69, 9.17) is 4.42 Å². The number of para-hydroxylation sites is 3. The fourth-order valence-electron chi connectivity index (χ4n) is 10.2. The number of furan rings is 1. The summed E-state index contributed by atoms with van der Waals surface area (Å²) in [6.07, 6.45) is 0. The molecule has 0 bridgehead atoms. The maximum Gasteiger partial charge on any atom is 0.160 e. The molecule has 64 heavy (non-hydrogen) atoms. The number of hydrogen-bond acceptors (Lipinski definition) is 3. The number of nitrogens with zero attached hydrogens (tertiary/aromatic N) is 2. The summed E-state index contributed by atoms with van der Waals surface area (Å²) < 4.78 is 7.07. The van der Waals surface area contributed by atoms with Crippen LogP contribution in [-0.2, 0) is 5.41 Å². The normalized spacial score (nSPS) is 12.7. The summed E-state index contributed by atoms with van der Waals surface area (Å²) in [4.78, 5) is 4.82. The van der Waals surface area contributed by atoms with Gasteiger partial charge in [-0.25, -0.2) is 0 Å². The topological polar surface area (TPSA) is 19.6 Å². The second-order valence-corrected chi connectivity index (χ2v) is 17.3. The smallest absolute Gasteiger partial charge is 0.160 e. The van der Waals surface area contributed by atoms with Crippen molar-refractivity contribution in [2.75, 3.05) is 9.80 Å². The lowest BCUT2D eigenvalue weighted by atomic mass is 9.82. The highest BCUT2D eigenvalue weighted by atomic mass is 16.3. The minimum Gasteiger partial charge on any atom is -0.454 e. The van der Waals surface area contributed by atoms with Crippen molar-refractivity contribution in [3.63, 3.8) is 0 Å². The lowest BCUT2D eigenvalue weighted by molar-refractivity contribution is 0.660. The van der Waals surface area contributed by atoms with Gasteiger partial charge in [0.05, 0.1) is 17.1 Å². The predicted octanol–water partition coefficient (Wildman–Crippen LogP) is 17.3. The van der Waals surface area contributed by atoms with Gasteiger partial charge in [-0.05, 0) is 99.4 Å². The molecular weight excluding hydrogens is 777 g/mol. The van der Waals surface area contributed by atoms with E-state index in [0.29, 0.717) is 0 Å². The number of hydrogen-bond donors (Lipinski definition) is 0. The lowest BCUT2D eigenvalue weighted by Crippen LogP contribution is -2.17. The monoisotopic (exact) mass is 820 g/mol. The molecule has 0 spiro atoms. The molecule has 3 heteroatoms. The standard InChI is InChI=1S/C61H44N2O/c1-61(2)54-28-14-11-26-50(54)51-37-36-46(40-55(51)61)63(57-29-15-12-25-48(57)41-18-5-3-6-19-41)59-49(38-39-53-52-27-13-16-31-58(52)64-60(53)59)43-32-34-45(35-33-43)62(44-22-7-4-8-23-44)56-30-17-21-42-20-9-10-24-47(42)56/h3-40H,1-2H3. The van der Waals surface area contributed by atoms with E-state index < -0.39 is 0 Å². The highest BCUT2D eigenvalue weighted by Crippen LogP contribution is 2.54. The van der Waals surface area contributed by atoms with Gasteiger partial charge in [-0.1, -0.05) is 184 Å². The zero-order valence-electron chi connectivity index (χ0n) is 35.7. The zero-order valence-corrected chi connectivity index (χ0v) is 35.7. The van der Waals surface area contributed by atoms with Gasteiger partial charge in [0.15, 0.2) is 5.58 Å². The average molecular weight is 821 g/mol. The molecule has 0 saturated heterocycles. The molecule has 0 saturated carbocycles. The summed E-state index contributed by atoms with van der Waals surface area (Å²) in [5, 5.41) is 4.57. The third-order valence-corrected chi connectivity index (χ3v) is 13.3. The van der Waals surface area contributed by atoms with E-state index in [2.05, 4.69) is 254 Å². The first-order valence-electron chi connectivity index (χ1n) is 22.1. The van der Waals surface area contributed by atoms with Crippen LogP contribution < -0.4 is 9.80 Å². The minimum atomic E-state index is -0.189. The quantitative estimate of drug-likeness (QED) is 0.152. The second kappa shape index (κ2) is 15.0. The van der Waals surface area contributed by atoms with Gasteiger partial charge in [-0.3, -0.25) is 0 Å². The number of benzene rings is 10. The maximum atomic E-state index is 7.07. The molecule has 1 aliphatic carbocycles. The summed E-state index contributed by atoms with van der Waals surface area (Å²) in [7, 11) is 0. The highest BCUT2D eigenvalue weighted by molar-refractivity contribution is 6.14. The molecule has 10 aromatic carbocycles. The minimum absolute atomic E-state index is 0.189. The van der Waals surface area contributed by atoms with Crippen molar-refractivity contribution < 1.29 is 4.42 Å². The molecular formula is C61H44N2O. The molecule has 0 N–H and O–H groups in total. The van der Waals surface area contributed by atoms with E-state index in [1.807, 2.05) is 0 Å². The molecule has 0 atom stereocenters. The van der Waals surface area contributed by atoms with Crippen LogP contribution >= 0.6 is 0 Å². The molecule has 0 aliphatic heterocycles. The van der Waals surface area contributed by atoms with Crippen molar-refractivity contribution in [3.8, 4) is 33.4 Å². The van der Waals surface area contributed by atoms with E-state index in [0.717, 1.165) is 78.3 Å². The van der Waals surface area contributed by atoms with Crippen molar-refractivity contribution in [2.45, 2.75) is 19.3 Å². The fourth-order valence-corrected chi connectivity index (χ4v) is 10.2. The highest BCUT2D eigenvalue weighted by Gasteiger charge is 2.36. The van der Waals surface area contributed by atoms with Gasteiger partial charge in [0.1, 0.15) is 5.58 Å². The Labute approximate surface area is 373 Å². The zero-order chi connectivity index (χ0) is 42.8. The first-order valence-corrected chi connectivity index (χ1v) is 22.1. The van der Waals surface area contributed by atoms with Gasteiger partial charge in [0, 0.05) is 49.8 Å². The van der Waals surface area contributed by atoms with Crippen LogP contribution in [-0.4, -0.2) is 0 Å².